The van der Waals surface area contributed by atoms with Crippen LogP contribution in [0.3, 0.4) is 0 Å². The summed E-state index contributed by atoms with van der Waals surface area (Å²) in [5, 5.41) is 12.4. The Bertz CT molecular complexity index is 1390. The second kappa shape index (κ2) is 10.1. The van der Waals surface area contributed by atoms with E-state index in [0.29, 0.717) is 33.6 Å². The van der Waals surface area contributed by atoms with E-state index in [9.17, 15) is 4.79 Å². The minimum Gasteiger partial charge on any atom is -0.362 e. The molecule has 9 heteroatoms. The number of anilines is 2. The number of benzene rings is 2. The molecular formula is C27H29ClN6O2. The van der Waals surface area contributed by atoms with Crippen molar-refractivity contribution in [3.05, 3.63) is 64.9 Å². The van der Waals surface area contributed by atoms with Gasteiger partial charge in [0.15, 0.2) is 0 Å². The van der Waals surface area contributed by atoms with Crippen LogP contribution < -0.4 is 15.5 Å². The first-order valence-electron chi connectivity index (χ1n) is 12.1. The number of nitrogens with one attached hydrogen (secondary N) is 2. The lowest BCUT2D eigenvalue weighted by Crippen LogP contribution is -2.40. The average molecular weight is 505 g/mol. The molecule has 36 heavy (non-hydrogen) atoms. The molecular weight excluding hydrogens is 476 g/mol. The normalized spacial score (nSPS) is 17.7. The van der Waals surface area contributed by atoms with Crippen molar-refractivity contribution >= 4 is 40.2 Å². The molecule has 2 aromatic carbocycles. The molecule has 0 radical (unpaired) electrons. The largest absolute Gasteiger partial charge is 0.362 e. The number of halogens is 1. The summed E-state index contributed by atoms with van der Waals surface area (Å²) in [6, 6.07) is 15.7. The highest BCUT2D eigenvalue weighted by atomic mass is 35.5. The van der Waals surface area contributed by atoms with Crippen LogP contribution in [0.25, 0.3) is 22.2 Å². The standard InChI is InChI=1S/C27H29ClN6O2/c1-16-23(24(33-36-16)19-8-4-6-10-21(19)28)26(35)29-17-12-14-18(15-13-17)30-27-31-22-11-7-5-9-20(22)25(32-27)34(2)3/h4-11,17-18H,12-15H2,1-3H3,(H,29,35)(H,30,31,32)/t17-,18+. The van der Waals surface area contributed by atoms with Gasteiger partial charge < -0.3 is 20.1 Å². The zero-order chi connectivity index (χ0) is 25.2. The summed E-state index contributed by atoms with van der Waals surface area (Å²) >= 11 is 6.35. The van der Waals surface area contributed by atoms with Crippen molar-refractivity contribution in [3.63, 3.8) is 0 Å². The van der Waals surface area contributed by atoms with Crippen LogP contribution in [0.15, 0.2) is 53.1 Å². The molecule has 0 bridgehead atoms. The van der Waals surface area contributed by atoms with E-state index in [1.165, 1.54) is 0 Å². The lowest BCUT2D eigenvalue weighted by atomic mass is 9.91. The summed E-state index contributed by atoms with van der Waals surface area (Å²) in [6.07, 6.45) is 3.50. The van der Waals surface area contributed by atoms with E-state index >= 15 is 0 Å². The van der Waals surface area contributed by atoms with E-state index < -0.39 is 0 Å². The Morgan fingerprint density at radius 2 is 1.69 bits per heavy atom. The third-order valence-corrected chi connectivity index (χ3v) is 6.95. The second-order valence-electron chi connectivity index (χ2n) is 9.39. The van der Waals surface area contributed by atoms with E-state index in [1.54, 1.807) is 13.0 Å². The number of hydrogen-bond donors (Lipinski definition) is 2. The molecule has 1 amide bonds. The van der Waals surface area contributed by atoms with Gasteiger partial charge in [-0.05, 0) is 50.8 Å². The summed E-state index contributed by atoms with van der Waals surface area (Å²) in [7, 11) is 3.97. The van der Waals surface area contributed by atoms with Crippen LogP contribution in [0.1, 0.15) is 41.8 Å². The Morgan fingerprint density at radius 1 is 1.00 bits per heavy atom. The third kappa shape index (κ3) is 4.86. The SMILES string of the molecule is Cc1onc(-c2ccccc2Cl)c1C(=O)N[C@H]1CC[C@@H](Nc2nc(N(C)C)c3ccccc3n2)CC1. The number of aromatic nitrogens is 3. The van der Waals surface area contributed by atoms with Gasteiger partial charge in [0.25, 0.3) is 5.91 Å². The number of aryl methyl sites for hydroxylation is 1. The highest BCUT2D eigenvalue weighted by Gasteiger charge is 2.28. The molecule has 0 atom stereocenters. The third-order valence-electron chi connectivity index (χ3n) is 6.62. The molecule has 0 aliphatic heterocycles. The van der Waals surface area contributed by atoms with Crippen LogP contribution in [-0.4, -0.2) is 47.2 Å². The zero-order valence-electron chi connectivity index (χ0n) is 20.6. The van der Waals surface area contributed by atoms with Gasteiger partial charge in [-0.2, -0.15) is 4.98 Å². The van der Waals surface area contributed by atoms with Gasteiger partial charge in [-0.15, -0.1) is 0 Å². The van der Waals surface area contributed by atoms with Crippen LogP contribution in [0.2, 0.25) is 5.02 Å². The Hall–Kier alpha value is -3.65. The zero-order valence-corrected chi connectivity index (χ0v) is 21.3. The number of carbonyl (C=O) groups is 1. The fraction of sp³-hybridized carbons (Fsp3) is 0.333. The van der Waals surface area contributed by atoms with E-state index in [4.69, 9.17) is 26.1 Å². The van der Waals surface area contributed by atoms with Crippen LogP contribution in [0, 0.1) is 6.92 Å². The molecule has 5 rings (SSSR count). The van der Waals surface area contributed by atoms with Crippen molar-refractivity contribution in [2.45, 2.75) is 44.7 Å². The number of amides is 1. The van der Waals surface area contributed by atoms with Gasteiger partial charge in [-0.25, -0.2) is 4.98 Å². The highest BCUT2D eigenvalue weighted by molar-refractivity contribution is 6.33. The molecule has 8 nitrogen and oxygen atoms in total. The van der Waals surface area contributed by atoms with Gasteiger partial charge in [-0.1, -0.05) is 47.1 Å². The number of fused-ring (bicyclic) bond motifs is 1. The van der Waals surface area contributed by atoms with Gasteiger partial charge in [-0.3, -0.25) is 4.79 Å². The van der Waals surface area contributed by atoms with Crippen LogP contribution in [-0.2, 0) is 0 Å². The fourth-order valence-corrected chi connectivity index (χ4v) is 4.99. The van der Waals surface area contributed by atoms with Crippen LogP contribution in [0.4, 0.5) is 11.8 Å². The van der Waals surface area contributed by atoms with E-state index in [-0.39, 0.29) is 18.0 Å². The Labute approximate surface area is 215 Å². The predicted octanol–water partition coefficient (Wildman–Crippen LogP) is 5.47. The number of rotatable bonds is 6. The summed E-state index contributed by atoms with van der Waals surface area (Å²) in [4.78, 5) is 24.7. The summed E-state index contributed by atoms with van der Waals surface area (Å²) in [5.74, 6) is 1.81. The Morgan fingerprint density at radius 3 is 2.44 bits per heavy atom. The van der Waals surface area contributed by atoms with Crippen LogP contribution >= 0.6 is 11.6 Å². The number of nitrogens with zero attached hydrogens (tertiary/aromatic N) is 4. The van der Waals surface area contributed by atoms with Gasteiger partial charge in [0, 0.05) is 37.1 Å². The summed E-state index contributed by atoms with van der Waals surface area (Å²) in [6.45, 7) is 1.74. The predicted molar refractivity (Wildman–Crippen MR) is 143 cm³/mol. The van der Waals surface area contributed by atoms with Crippen molar-refractivity contribution in [1.29, 1.82) is 0 Å². The van der Waals surface area contributed by atoms with Crippen molar-refractivity contribution in [2.24, 2.45) is 0 Å². The molecule has 1 aliphatic rings. The van der Waals surface area contributed by atoms with Crippen molar-refractivity contribution in [2.75, 3.05) is 24.3 Å². The molecule has 1 aliphatic carbocycles. The van der Waals surface area contributed by atoms with Crippen molar-refractivity contribution in [3.8, 4) is 11.3 Å². The molecule has 1 fully saturated rings. The lowest BCUT2D eigenvalue weighted by molar-refractivity contribution is 0.0925. The highest BCUT2D eigenvalue weighted by Crippen LogP contribution is 2.32. The maximum Gasteiger partial charge on any atom is 0.257 e. The number of carbonyl (C=O) groups excluding carboxylic acids is 1. The average Bonchev–Trinajstić information content (AvgIpc) is 3.26. The minimum atomic E-state index is -0.187. The van der Waals surface area contributed by atoms with E-state index in [2.05, 4.69) is 15.8 Å². The molecule has 2 aromatic heterocycles. The maximum absolute atomic E-state index is 13.2. The van der Waals surface area contributed by atoms with Gasteiger partial charge in [0.05, 0.1) is 10.5 Å². The first kappa shape index (κ1) is 24.1. The Balaban J connectivity index is 1.24. The molecule has 0 saturated heterocycles. The Kier molecular flexibility index (Phi) is 6.78. The fourth-order valence-electron chi connectivity index (χ4n) is 4.76. The number of hydrogen-bond acceptors (Lipinski definition) is 7. The first-order valence-corrected chi connectivity index (χ1v) is 12.5. The molecule has 186 valence electrons. The van der Waals surface area contributed by atoms with E-state index in [1.807, 2.05) is 61.5 Å². The van der Waals surface area contributed by atoms with Crippen molar-refractivity contribution < 1.29 is 9.32 Å². The summed E-state index contributed by atoms with van der Waals surface area (Å²) in [5.41, 5.74) is 2.50. The van der Waals surface area contributed by atoms with Gasteiger partial charge in [0.2, 0.25) is 5.95 Å². The molecule has 0 unspecified atom stereocenters. The topological polar surface area (TPSA) is 96.2 Å². The van der Waals surface area contributed by atoms with Gasteiger partial charge in [0.1, 0.15) is 22.8 Å². The smallest absolute Gasteiger partial charge is 0.257 e. The van der Waals surface area contributed by atoms with E-state index in [0.717, 1.165) is 42.4 Å². The second-order valence-corrected chi connectivity index (χ2v) is 9.80. The molecule has 2 heterocycles. The molecule has 0 spiro atoms. The lowest BCUT2D eigenvalue weighted by Gasteiger charge is -2.30. The monoisotopic (exact) mass is 504 g/mol. The number of para-hydroxylation sites is 1. The van der Waals surface area contributed by atoms with Crippen LogP contribution in [0.5, 0.6) is 0 Å². The summed E-state index contributed by atoms with van der Waals surface area (Å²) < 4.78 is 5.36. The van der Waals surface area contributed by atoms with Crippen molar-refractivity contribution in [1.82, 2.24) is 20.4 Å². The molecule has 4 aromatic rings. The quantitative estimate of drug-likeness (QED) is 0.359. The maximum atomic E-state index is 13.2. The molecule has 1 saturated carbocycles. The minimum absolute atomic E-state index is 0.0683. The first-order chi connectivity index (χ1) is 17.4. The van der Waals surface area contributed by atoms with Gasteiger partial charge >= 0.3 is 0 Å². The molecule has 2 N–H and O–H groups in total.